The number of carbonyl (C=O) groups is 1. The highest BCUT2D eigenvalue weighted by Gasteiger charge is 2.08. The van der Waals surface area contributed by atoms with Gasteiger partial charge in [0.25, 0.3) is 5.91 Å². The number of hydrogen-bond acceptors (Lipinski definition) is 5. The molecule has 0 saturated heterocycles. The number of amides is 1. The first kappa shape index (κ1) is 18.9. The van der Waals surface area contributed by atoms with Crippen LogP contribution in [0.3, 0.4) is 0 Å². The highest BCUT2D eigenvalue weighted by Crippen LogP contribution is 2.20. The van der Waals surface area contributed by atoms with Crippen LogP contribution in [0.15, 0.2) is 71.8 Å². The number of para-hydroxylation sites is 1. The Bertz CT molecular complexity index is 1000. The third-order valence-corrected chi connectivity index (χ3v) is 3.74. The van der Waals surface area contributed by atoms with Crippen molar-refractivity contribution in [3.63, 3.8) is 0 Å². The largest absolute Gasteiger partial charge is 0.508 e. The van der Waals surface area contributed by atoms with Crippen molar-refractivity contribution < 1.29 is 24.1 Å². The standard InChI is InChI=1S/C21H17FN2O4/c22-17-6-3-4-14(8-17)13-28-20-7-2-1-5-15(20)12-23-24-21(27)16-9-18(25)11-19(26)10-16/h1-12,25-26H,13H2,(H,24,27)/b23-12+. The number of phenols is 2. The molecule has 0 fully saturated rings. The molecule has 0 spiro atoms. The molecule has 0 radical (unpaired) electrons. The van der Waals surface area contributed by atoms with Crippen LogP contribution in [-0.4, -0.2) is 22.3 Å². The zero-order chi connectivity index (χ0) is 19.9. The van der Waals surface area contributed by atoms with Crippen molar-refractivity contribution in [2.24, 2.45) is 5.10 Å². The van der Waals surface area contributed by atoms with Gasteiger partial charge in [-0.25, -0.2) is 9.82 Å². The van der Waals surface area contributed by atoms with Crippen LogP contribution in [0.5, 0.6) is 17.2 Å². The molecule has 0 aromatic heterocycles. The fraction of sp³-hybridized carbons (Fsp3) is 0.0476. The molecular formula is C21H17FN2O4. The average molecular weight is 380 g/mol. The molecule has 0 saturated carbocycles. The fourth-order valence-electron chi connectivity index (χ4n) is 2.46. The van der Waals surface area contributed by atoms with E-state index in [9.17, 15) is 19.4 Å². The van der Waals surface area contributed by atoms with Crippen LogP contribution >= 0.6 is 0 Å². The number of aromatic hydroxyl groups is 2. The Morgan fingerprint density at radius 2 is 1.79 bits per heavy atom. The molecule has 28 heavy (non-hydrogen) atoms. The van der Waals surface area contributed by atoms with Gasteiger partial charge in [0.1, 0.15) is 29.7 Å². The normalized spacial score (nSPS) is 10.8. The first-order valence-electron chi connectivity index (χ1n) is 8.34. The summed E-state index contributed by atoms with van der Waals surface area (Å²) in [7, 11) is 0. The maximum Gasteiger partial charge on any atom is 0.271 e. The van der Waals surface area contributed by atoms with Gasteiger partial charge in [0.2, 0.25) is 0 Å². The van der Waals surface area contributed by atoms with Gasteiger partial charge >= 0.3 is 0 Å². The quantitative estimate of drug-likeness (QED) is 0.450. The van der Waals surface area contributed by atoms with E-state index >= 15 is 0 Å². The van der Waals surface area contributed by atoms with E-state index in [4.69, 9.17) is 4.74 Å². The topological polar surface area (TPSA) is 91.2 Å². The van der Waals surface area contributed by atoms with Gasteiger partial charge in [-0.05, 0) is 42.0 Å². The maximum absolute atomic E-state index is 13.3. The molecule has 142 valence electrons. The van der Waals surface area contributed by atoms with Gasteiger partial charge in [0, 0.05) is 17.2 Å². The molecule has 0 aliphatic rings. The van der Waals surface area contributed by atoms with E-state index in [0.29, 0.717) is 16.9 Å². The second kappa shape index (κ2) is 8.68. The lowest BCUT2D eigenvalue weighted by molar-refractivity contribution is 0.0954. The van der Waals surface area contributed by atoms with Crippen LogP contribution in [0.2, 0.25) is 0 Å². The lowest BCUT2D eigenvalue weighted by Crippen LogP contribution is -2.17. The van der Waals surface area contributed by atoms with E-state index in [1.165, 1.54) is 30.5 Å². The molecule has 3 aromatic carbocycles. The molecular weight excluding hydrogens is 363 g/mol. The number of hydrogen-bond donors (Lipinski definition) is 3. The van der Waals surface area contributed by atoms with Gasteiger partial charge in [-0.2, -0.15) is 5.10 Å². The molecule has 6 nitrogen and oxygen atoms in total. The molecule has 0 heterocycles. The van der Waals surface area contributed by atoms with Gasteiger partial charge in [-0.3, -0.25) is 4.79 Å². The zero-order valence-corrected chi connectivity index (χ0v) is 14.7. The van der Waals surface area contributed by atoms with Crippen LogP contribution in [0.4, 0.5) is 4.39 Å². The lowest BCUT2D eigenvalue weighted by Gasteiger charge is -2.09. The van der Waals surface area contributed by atoms with Crippen LogP contribution in [-0.2, 0) is 6.61 Å². The first-order valence-corrected chi connectivity index (χ1v) is 8.34. The summed E-state index contributed by atoms with van der Waals surface area (Å²) in [5.41, 5.74) is 3.67. The smallest absolute Gasteiger partial charge is 0.271 e. The third kappa shape index (κ3) is 5.07. The van der Waals surface area contributed by atoms with Crippen LogP contribution in [0, 0.1) is 5.82 Å². The van der Waals surface area contributed by atoms with Gasteiger partial charge < -0.3 is 14.9 Å². The minimum Gasteiger partial charge on any atom is -0.508 e. The maximum atomic E-state index is 13.3. The number of hydrazone groups is 1. The number of carbonyl (C=O) groups excluding carboxylic acids is 1. The fourth-order valence-corrected chi connectivity index (χ4v) is 2.46. The Balaban J connectivity index is 1.66. The molecule has 3 N–H and O–H groups in total. The molecule has 0 aliphatic carbocycles. The summed E-state index contributed by atoms with van der Waals surface area (Å²) < 4.78 is 19.0. The Hall–Kier alpha value is -3.87. The second-order valence-electron chi connectivity index (χ2n) is 5.89. The van der Waals surface area contributed by atoms with Crippen molar-refractivity contribution in [2.75, 3.05) is 0 Å². The van der Waals surface area contributed by atoms with Crippen molar-refractivity contribution >= 4 is 12.1 Å². The minimum absolute atomic E-state index is 0.0605. The van der Waals surface area contributed by atoms with Crippen LogP contribution in [0.1, 0.15) is 21.5 Å². The van der Waals surface area contributed by atoms with Crippen molar-refractivity contribution in [1.82, 2.24) is 5.43 Å². The molecule has 3 rings (SSSR count). The monoisotopic (exact) mass is 380 g/mol. The predicted molar refractivity (Wildman–Crippen MR) is 102 cm³/mol. The third-order valence-electron chi connectivity index (χ3n) is 3.74. The summed E-state index contributed by atoms with van der Waals surface area (Å²) in [6.07, 6.45) is 1.40. The molecule has 0 atom stereocenters. The Morgan fingerprint density at radius 1 is 1.04 bits per heavy atom. The predicted octanol–water partition coefficient (Wildman–Crippen LogP) is 3.58. The van der Waals surface area contributed by atoms with Gasteiger partial charge in [0.05, 0.1) is 6.21 Å². The summed E-state index contributed by atoms with van der Waals surface area (Å²) in [5, 5.41) is 22.7. The highest BCUT2D eigenvalue weighted by atomic mass is 19.1. The molecule has 0 aliphatic heterocycles. The van der Waals surface area contributed by atoms with Crippen molar-refractivity contribution in [2.45, 2.75) is 6.61 Å². The van der Waals surface area contributed by atoms with Crippen LogP contribution in [0.25, 0.3) is 0 Å². The lowest BCUT2D eigenvalue weighted by atomic mass is 10.2. The number of benzene rings is 3. The number of halogens is 1. The molecule has 0 unspecified atom stereocenters. The van der Waals surface area contributed by atoms with Gasteiger partial charge in [-0.15, -0.1) is 0 Å². The van der Waals surface area contributed by atoms with Gasteiger partial charge in [-0.1, -0.05) is 24.3 Å². The molecule has 0 bridgehead atoms. The van der Waals surface area contributed by atoms with Crippen LogP contribution < -0.4 is 10.2 Å². The number of ether oxygens (including phenoxy) is 1. The summed E-state index contributed by atoms with van der Waals surface area (Å²) in [6, 6.07) is 16.7. The van der Waals surface area contributed by atoms with Gasteiger partial charge in [0.15, 0.2) is 0 Å². The average Bonchev–Trinajstić information content (AvgIpc) is 2.66. The van der Waals surface area contributed by atoms with Crippen molar-refractivity contribution in [3.05, 3.63) is 89.2 Å². The summed E-state index contributed by atoms with van der Waals surface area (Å²) >= 11 is 0. The molecule has 3 aromatic rings. The van der Waals surface area contributed by atoms with E-state index in [1.54, 1.807) is 36.4 Å². The Labute approximate surface area is 160 Å². The molecule has 1 amide bonds. The summed E-state index contributed by atoms with van der Waals surface area (Å²) in [4.78, 5) is 12.1. The van der Waals surface area contributed by atoms with E-state index in [2.05, 4.69) is 10.5 Å². The summed E-state index contributed by atoms with van der Waals surface area (Å²) in [5.74, 6) is -0.882. The van der Waals surface area contributed by atoms with E-state index in [-0.39, 0.29) is 29.5 Å². The van der Waals surface area contributed by atoms with E-state index < -0.39 is 5.91 Å². The zero-order valence-electron chi connectivity index (χ0n) is 14.7. The number of rotatable bonds is 6. The van der Waals surface area contributed by atoms with Crippen molar-refractivity contribution in [1.29, 1.82) is 0 Å². The number of nitrogens with zero attached hydrogens (tertiary/aromatic N) is 1. The Kier molecular flexibility index (Phi) is 5.86. The number of phenolic OH excluding ortho intramolecular Hbond substituents is 2. The molecule has 7 heteroatoms. The minimum atomic E-state index is -0.597. The SMILES string of the molecule is O=C(N/N=C/c1ccccc1OCc1cccc(F)c1)c1cc(O)cc(O)c1. The van der Waals surface area contributed by atoms with E-state index in [0.717, 1.165) is 6.07 Å². The Morgan fingerprint density at radius 3 is 2.54 bits per heavy atom. The number of nitrogens with one attached hydrogen (secondary N) is 1. The summed E-state index contributed by atoms with van der Waals surface area (Å²) in [6.45, 7) is 0.178. The first-order chi connectivity index (χ1) is 13.5. The second-order valence-corrected chi connectivity index (χ2v) is 5.89. The van der Waals surface area contributed by atoms with Crippen molar-refractivity contribution in [3.8, 4) is 17.2 Å². The van der Waals surface area contributed by atoms with E-state index in [1.807, 2.05) is 0 Å². The highest BCUT2D eigenvalue weighted by molar-refractivity contribution is 5.95.